The van der Waals surface area contributed by atoms with Crippen molar-refractivity contribution in [2.45, 2.75) is 69.9 Å². The van der Waals surface area contributed by atoms with E-state index < -0.39 is 0 Å². The molecule has 0 bridgehead atoms. The van der Waals surface area contributed by atoms with Crippen LogP contribution in [0.4, 0.5) is 0 Å². The molecule has 0 N–H and O–H groups in total. The van der Waals surface area contributed by atoms with E-state index in [2.05, 4.69) is 11.0 Å². The number of nitriles is 1. The van der Waals surface area contributed by atoms with Gasteiger partial charge in [-0.25, -0.2) is 0 Å². The molecule has 1 atom stereocenters. The Hall–Kier alpha value is -0.590. The van der Waals surface area contributed by atoms with E-state index in [0.29, 0.717) is 12.5 Å². The molecule has 18 heavy (non-hydrogen) atoms. The van der Waals surface area contributed by atoms with E-state index in [9.17, 15) is 0 Å². The largest absolute Gasteiger partial charge is 0.377 e. The molecule has 0 aromatic carbocycles. The van der Waals surface area contributed by atoms with E-state index in [4.69, 9.17) is 10.00 Å². The zero-order chi connectivity index (χ0) is 12.6. The van der Waals surface area contributed by atoms with Crippen LogP contribution in [0.1, 0.15) is 57.8 Å². The predicted molar refractivity (Wildman–Crippen MR) is 72.3 cm³/mol. The first-order chi connectivity index (χ1) is 8.90. The van der Waals surface area contributed by atoms with Gasteiger partial charge in [0, 0.05) is 25.6 Å². The molecule has 0 radical (unpaired) electrons. The maximum atomic E-state index is 8.59. The minimum absolute atomic E-state index is 0.474. The summed E-state index contributed by atoms with van der Waals surface area (Å²) in [6.07, 6.45) is 11.4. The van der Waals surface area contributed by atoms with Crippen molar-refractivity contribution in [3.63, 3.8) is 0 Å². The Morgan fingerprint density at radius 1 is 1.11 bits per heavy atom. The summed E-state index contributed by atoms with van der Waals surface area (Å²) in [4.78, 5) is 2.65. The van der Waals surface area contributed by atoms with Crippen LogP contribution in [0.5, 0.6) is 0 Å². The van der Waals surface area contributed by atoms with Crippen molar-refractivity contribution in [2.24, 2.45) is 0 Å². The molecule has 0 aromatic rings. The van der Waals surface area contributed by atoms with Crippen LogP contribution in [0.15, 0.2) is 0 Å². The number of hydrogen-bond donors (Lipinski definition) is 0. The average Bonchev–Trinajstić information content (AvgIpc) is 3.05. The molecule has 1 saturated heterocycles. The molecule has 0 aromatic heterocycles. The van der Waals surface area contributed by atoms with Crippen LogP contribution in [-0.2, 0) is 4.74 Å². The summed E-state index contributed by atoms with van der Waals surface area (Å²) in [5.41, 5.74) is 0. The molecule has 1 saturated carbocycles. The Balaban J connectivity index is 1.75. The normalized spacial score (nSPS) is 24.8. The van der Waals surface area contributed by atoms with E-state index in [-0.39, 0.29) is 0 Å². The number of ether oxygens (including phenoxy) is 1. The van der Waals surface area contributed by atoms with Crippen molar-refractivity contribution in [3.05, 3.63) is 0 Å². The smallest absolute Gasteiger partial charge is 0.0702 e. The third-order valence-corrected chi connectivity index (χ3v) is 4.29. The number of rotatable bonds is 7. The van der Waals surface area contributed by atoms with Gasteiger partial charge in [-0.1, -0.05) is 12.8 Å². The van der Waals surface area contributed by atoms with Gasteiger partial charge >= 0.3 is 0 Å². The molecule has 3 heteroatoms. The molecule has 2 rings (SSSR count). The van der Waals surface area contributed by atoms with Crippen molar-refractivity contribution in [1.29, 1.82) is 5.26 Å². The summed E-state index contributed by atoms with van der Waals surface area (Å²) in [5, 5.41) is 8.59. The van der Waals surface area contributed by atoms with E-state index in [1.54, 1.807) is 0 Å². The van der Waals surface area contributed by atoms with Crippen molar-refractivity contribution in [3.8, 4) is 6.07 Å². The maximum Gasteiger partial charge on any atom is 0.0702 e. The summed E-state index contributed by atoms with van der Waals surface area (Å²) < 4.78 is 5.78. The number of unbranched alkanes of at least 4 members (excludes halogenated alkanes) is 2. The lowest BCUT2D eigenvalue weighted by molar-refractivity contribution is 0.0569. The predicted octanol–water partition coefficient (Wildman–Crippen LogP) is 3.10. The van der Waals surface area contributed by atoms with Crippen LogP contribution >= 0.6 is 0 Å². The molecule has 0 unspecified atom stereocenters. The van der Waals surface area contributed by atoms with E-state index >= 15 is 0 Å². The van der Waals surface area contributed by atoms with Gasteiger partial charge in [0.25, 0.3) is 0 Å². The van der Waals surface area contributed by atoms with Gasteiger partial charge in [-0.15, -0.1) is 0 Å². The fourth-order valence-corrected chi connectivity index (χ4v) is 3.26. The second kappa shape index (κ2) is 7.76. The first-order valence-electron chi connectivity index (χ1n) is 7.63. The van der Waals surface area contributed by atoms with Gasteiger partial charge in [0.2, 0.25) is 0 Å². The molecule has 0 amide bonds. The molecule has 1 heterocycles. The van der Waals surface area contributed by atoms with Crippen LogP contribution in [0.2, 0.25) is 0 Å². The monoisotopic (exact) mass is 250 g/mol. The zero-order valence-corrected chi connectivity index (χ0v) is 11.4. The van der Waals surface area contributed by atoms with E-state index in [1.165, 1.54) is 38.5 Å². The van der Waals surface area contributed by atoms with Gasteiger partial charge in [0.05, 0.1) is 12.2 Å². The summed E-state index contributed by atoms with van der Waals surface area (Å²) in [6.45, 7) is 3.24. The van der Waals surface area contributed by atoms with Crippen molar-refractivity contribution in [2.75, 3.05) is 19.7 Å². The highest BCUT2D eigenvalue weighted by atomic mass is 16.5. The lowest BCUT2D eigenvalue weighted by Crippen LogP contribution is -2.39. The quantitative estimate of drug-likeness (QED) is 0.651. The standard InChI is InChI=1S/C15H26N2O/c16-10-4-1-5-11-17(14-7-2-3-8-14)13-15-9-6-12-18-15/h14-15H,1-9,11-13H2/t15-/m1/s1. The Bertz CT molecular complexity index is 262. The molecule has 1 aliphatic carbocycles. The minimum atomic E-state index is 0.474. The third-order valence-electron chi connectivity index (χ3n) is 4.29. The minimum Gasteiger partial charge on any atom is -0.377 e. The zero-order valence-electron chi connectivity index (χ0n) is 11.4. The second-order valence-corrected chi connectivity index (χ2v) is 5.68. The Morgan fingerprint density at radius 2 is 1.94 bits per heavy atom. The third kappa shape index (κ3) is 4.26. The summed E-state index contributed by atoms with van der Waals surface area (Å²) in [6, 6.07) is 3.03. The fraction of sp³-hybridized carbons (Fsp3) is 0.933. The van der Waals surface area contributed by atoms with E-state index in [0.717, 1.165) is 38.6 Å². The Morgan fingerprint density at radius 3 is 2.61 bits per heavy atom. The molecular formula is C15H26N2O. The highest BCUT2D eigenvalue weighted by Gasteiger charge is 2.26. The maximum absolute atomic E-state index is 8.59. The highest BCUT2D eigenvalue weighted by molar-refractivity contribution is 4.81. The van der Waals surface area contributed by atoms with Gasteiger partial charge in [-0.3, -0.25) is 4.90 Å². The first-order valence-corrected chi connectivity index (χ1v) is 7.63. The van der Waals surface area contributed by atoms with Crippen LogP contribution in [0.3, 0.4) is 0 Å². The SMILES string of the molecule is N#CCCCCN(C[C@H]1CCCO1)C1CCCC1. The molecule has 2 fully saturated rings. The van der Waals surface area contributed by atoms with Crippen LogP contribution in [0.25, 0.3) is 0 Å². The van der Waals surface area contributed by atoms with Crippen molar-refractivity contribution >= 4 is 0 Å². The van der Waals surface area contributed by atoms with Gasteiger partial charge in [0.1, 0.15) is 0 Å². The molecular weight excluding hydrogens is 224 g/mol. The Kier molecular flexibility index (Phi) is 5.96. The van der Waals surface area contributed by atoms with E-state index in [1.807, 2.05) is 0 Å². The summed E-state index contributed by atoms with van der Waals surface area (Å²) in [7, 11) is 0. The lowest BCUT2D eigenvalue weighted by Gasteiger charge is -2.30. The number of hydrogen-bond acceptors (Lipinski definition) is 3. The topological polar surface area (TPSA) is 36.3 Å². The Labute approximate surface area is 111 Å². The van der Waals surface area contributed by atoms with Gasteiger partial charge in [-0.2, -0.15) is 5.26 Å². The lowest BCUT2D eigenvalue weighted by atomic mass is 10.1. The van der Waals surface area contributed by atoms with Gasteiger partial charge in [0.15, 0.2) is 0 Å². The second-order valence-electron chi connectivity index (χ2n) is 5.68. The van der Waals surface area contributed by atoms with Gasteiger partial charge in [-0.05, 0) is 45.1 Å². The molecule has 3 nitrogen and oxygen atoms in total. The summed E-state index contributed by atoms with van der Waals surface area (Å²) >= 11 is 0. The van der Waals surface area contributed by atoms with Crippen LogP contribution in [0, 0.1) is 11.3 Å². The van der Waals surface area contributed by atoms with Gasteiger partial charge < -0.3 is 4.74 Å². The summed E-state index contributed by atoms with van der Waals surface area (Å²) in [5.74, 6) is 0. The molecule has 1 aliphatic heterocycles. The van der Waals surface area contributed by atoms with Crippen molar-refractivity contribution in [1.82, 2.24) is 4.90 Å². The molecule has 0 spiro atoms. The average molecular weight is 250 g/mol. The highest BCUT2D eigenvalue weighted by Crippen LogP contribution is 2.25. The van der Waals surface area contributed by atoms with Crippen LogP contribution in [-0.4, -0.2) is 36.7 Å². The van der Waals surface area contributed by atoms with Crippen LogP contribution < -0.4 is 0 Å². The first kappa shape index (κ1) is 13.8. The fourth-order valence-electron chi connectivity index (χ4n) is 3.26. The van der Waals surface area contributed by atoms with Crippen molar-refractivity contribution < 1.29 is 4.74 Å². The molecule has 2 aliphatic rings. The molecule has 102 valence electrons. The number of nitrogens with zero attached hydrogens (tertiary/aromatic N) is 2.